The summed E-state index contributed by atoms with van der Waals surface area (Å²) in [6.07, 6.45) is 6.76. The summed E-state index contributed by atoms with van der Waals surface area (Å²) in [5, 5.41) is 13.5. The van der Waals surface area contributed by atoms with Gasteiger partial charge in [-0.15, -0.1) is 0 Å². The van der Waals surface area contributed by atoms with Gasteiger partial charge in [-0.05, 0) is 25.0 Å². The number of carbonyl (C=O) groups is 1. The van der Waals surface area contributed by atoms with Gasteiger partial charge in [0.15, 0.2) is 0 Å². The van der Waals surface area contributed by atoms with Gasteiger partial charge >= 0.3 is 0 Å². The number of aryl methyl sites for hydroxylation is 1. The lowest BCUT2D eigenvalue weighted by atomic mass is 9.89. The fourth-order valence-corrected chi connectivity index (χ4v) is 3.12. The molecule has 1 aromatic heterocycles. The summed E-state index contributed by atoms with van der Waals surface area (Å²) in [7, 11) is 1.93. The normalized spacial score (nSPS) is 11.5. The number of hydrogen-bond acceptors (Lipinski definition) is 3. The Bertz CT molecular complexity index is 673. The third-order valence-electron chi connectivity index (χ3n) is 4.15. The third kappa shape index (κ3) is 4.68. The summed E-state index contributed by atoms with van der Waals surface area (Å²) in [5.74, 6) is 0.691. The van der Waals surface area contributed by atoms with Gasteiger partial charge in [-0.2, -0.15) is 0 Å². The van der Waals surface area contributed by atoms with Gasteiger partial charge in [0.1, 0.15) is 5.82 Å². The lowest BCUT2D eigenvalue weighted by Crippen LogP contribution is -2.33. The minimum atomic E-state index is -0.912. The first-order chi connectivity index (χ1) is 11.5. The molecule has 0 spiro atoms. The van der Waals surface area contributed by atoms with Crippen LogP contribution in [0.4, 0.5) is 5.69 Å². The third-order valence-corrected chi connectivity index (χ3v) is 4.15. The number of nitrogens with zero attached hydrogens (tertiary/aromatic N) is 2. The van der Waals surface area contributed by atoms with Gasteiger partial charge < -0.3 is 15.0 Å². The van der Waals surface area contributed by atoms with Crippen LogP contribution in [0.5, 0.6) is 0 Å². The molecule has 2 aromatic rings. The van der Waals surface area contributed by atoms with Gasteiger partial charge in [-0.3, -0.25) is 4.79 Å². The van der Waals surface area contributed by atoms with E-state index in [-0.39, 0.29) is 12.3 Å². The van der Waals surface area contributed by atoms with Crippen LogP contribution in [-0.4, -0.2) is 26.2 Å². The van der Waals surface area contributed by atoms with E-state index in [1.165, 1.54) is 0 Å². The lowest BCUT2D eigenvalue weighted by Gasteiger charge is -2.26. The van der Waals surface area contributed by atoms with E-state index >= 15 is 0 Å². The van der Waals surface area contributed by atoms with E-state index < -0.39 is 5.60 Å². The second kappa shape index (κ2) is 8.11. The van der Waals surface area contributed by atoms with E-state index in [1.807, 2.05) is 55.9 Å². The standard InChI is InChI=1S/C19H27N3O2/c1-4-9-19(24,10-5-2)14-17(23)21-16-8-6-7-15(13-16)18-20-11-12-22(18)3/h6-8,11-13,24H,4-5,9-10,14H2,1-3H3,(H,21,23). The van der Waals surface area contributed by atoms with E-state index in [0.29, 0.717) is 12.8 Å². The fourth-order valence-electron chi connectivity index (χ4n) is 3.12. The molecule has 130 valence electrons. The highest BCUT2D eigenvalue weighted by Crippen LogP contribution is 2.25. The highest BCUT2D eigenvalue weighted by atomic mass is 16.3. The number of nitrogens with one attached hydrogen (secondary N) is 1. The van der Waals surface area contributed by atoms with Crippen molar-refractivity contribution in [1.29, 1.82) is 0 Å². The van der Waals surface area contributed by atoms with E-state index in [2.05, 4.69) is 10.3 Å². The van der Waals surface area contributed by atoms with Crippen molar-refractivity contribution in [3.8, 4) is 11.4 Å². The molecule has 0 bridgehead atoms. The quantitative estimate of drug-likeness (QED) is 0.775. The number of amides is 1. The number of carbonyl (C=O) groups excluding carboxylic acids is 1. The zero-order chi connectivity index (χ0) is 17.6. The molecule has 0 saturated carbocycles. The van der Waals surface area contributed by atoms with Crippen molar-refractivity contribution >= 4 is 11.6 Å². The summed E-state index contributed by atoms with van der Waals surface area (Å²) in [6, 6.07) is 7.61. The highest BCUT2D eigenvalue weighted by molar-refractivity contribution is 5.92. The Morgan fingerprint density at radius 3 is 2.58 bits per heavy atom. The second-order valence-electron chi connectivity index (χ2n) is 6.39. The van der Waals surface area contributed by atoms with Crippen molar-refractivity contribution in [3.63, 3.8) is 0 Å². The van der Waals surface area contributed by atoms with Crippen LogP contribution in [0.25, 0.3) is 11.4 Å². The van der Waals surface area contributed by atoms with Crippen molar-refractivity contribution in [2.24, 2.45) is 7.05 Å². The minimum absolute atomic E-state index is 0.126. The van der Waals surface area contributed by atoms with E-state index in [0.717, 1.165) is 29.9 Å². The molecule has 0 aliphatic rings. The van der Waals surface area contributed by atoms with E-state index in [1.54, 1.807) is 6.20 Å². The maximum absolute atomic E-state index is 12.4. The molecule has 5 heteroatoms. The summed E-state index contributed by atoms with van der Waals surface area (Å²) < 4.78 is 1.93. The monoisotopic (exact) mass is 329 g/mol. The number of anilines is 1. The van der Waals surface area contributed by atoms with Gasteiger partial charge in [-0.1, -0.05) is 38.8 Å². The minimum Gasteiger partial charge on any atom is -0.389 e. The van der Waals surface area contributed by atoms with Gasteiger partial charge in [0, 0.05) is 30.7 Å². The molecule has 0 unspecified atom stereocenters. The van der Waals surface area contributed by atoms with Crippen molar-refractivity contribution in [2.45, 2.75) is 51.6 Å². The summed E-state index contributed by atoms with van der Waals surface area (Å²) >= 11 is 0. The number of rotatable bonds is 8. The Kier molecular flexibility index (Phi) is 6.15. The Hall–Kier alpha value is -2.14. The number of hydrogen-bond donors (Lipinski definition) is 2. The molecule has 0 atom stereocenters. The molecule has 0 saturated heterocycles. The fraction of sp³-hybridized carbons (Fsp3) is 0.474. The average molecular weight is 329 g/mol. The van der Waals surface area contributed by atoms with Crippen LogP contribution in [0, 0.1) is 0 Å². The molecule has 2 N–H and O–H groups in total. The Labute approximate surface area is 143 Å². The van der Waals surface area contributed by atoms with Crippen LogP contribution in [0.15, 0.2) is 36.7 Å². The van der Waals surface area contributed by atoms with Crippen molar-refractivity contribution < 1.29 is 9.90 Å². The average Bonchev–Trinajstić information content (AvgIpc) is 2.93. The maximum atomic E-state index is 12.4. The van der Waals surface area contributed by atoms with E-state index in [4.69, 9.17) is 0 Å². The van der Waals surface area contributed by atoms with Gasteiger partial charge in [0.2, 0.25) is 5.91 Å². The molecule has 5 nitrogen and oxygen atoms in total. The van der Waals surface area contributed by atoms with Crippen molar-refractivity contribution in [2.75, 3.05) is 5.32 Å². The molecule has 24 heavy (non-hydrogen) atoms. The van der Waals surface area contributed by atoms with Crippen LogP contribution >= 0.6 is 0 Å². The molecule has 0 aliphatic heterocycles. The maximum Gasteiger partial charge on any atom is 0.227 e. The Morgan fingerprint density at radius 1 is 1.29 bits per heavy atom. The zero-order valence-electron chi connectivity index (χ0n) is 14.7. The molecule has 0 radical (unpaired) electrons. The first-order valence-electron chi connectivity index (χ1n) is 8.57. The molecule has 0 aliphatic carbocycles. The summed E-state index contributed by atoms with van der Waals surface area (Å²) in [6.45, 7) is 4.05. The summed E-state index contributed by atoms with van der Waals surface area (Å²) in [5.41, 5.74) is 0.749. The Balaban J connectivity index is 2.08. The Morgan fingerprint density at radius 2 is 2.00 bits per heavy atom. The highest BCUT2D eigenvalue weighted by Gasteiger charge is 2.28. The van der Waals surface area contributed by atoms with Crippen LogP contribution in [0.1, 0.15) is 46.0 Å². The van der Waals surface area contributed by atoms with Crippen LogP contribution in [-0.2, 0) is 11.8 Å². The van der Waals surface area contributed by atoms with Crippen LogP contribution < -0.4 is 5.32 Å². The van der Waals surface area contributed by atoms with Crippen LogP contribution in [0.2, 0.25) is 0 Å². The molecular formula is C19H27N3O2. The molecular weight excluding hydrogens is 302 g/mol. The lowest BCUT2D eigenvalue weighted by molar-refractivity contribution is -0.121. The molecule has 1 amide bonds. The predicted molar refractivity (Wildman–Crippen MR) is 96.7 cm³/mol. The molecule has 2 rings (SSSR count). The first-order valence-corrected chi connectivity index (χ1v) is 8.57. The second-order valence-corrected chi connectivity index (χ2v) is 6.39. The van der Waals surface area contributed by atoms with Crippen molar-refractivity contribution in [1.82, 2.24) is 9.55 Å². The first kappa shape index (κ1) is 18.2. The van der Waals surface area contributed by atoms with Gasteiger partial charge in [-0.25, -0.2) is 4.98 Å². The summed E-state index contributed by atoms with van der Waals surface area (Å²) in [4.78, 5) is 16.7. The zero-order valence-corrected chi connectivity index (χ0v) is 14.7. The number of imidazole rings is 1. The van der Waals surface area contributed by atoms with Crippen molar-refractivity contribution in [3.05, 3.63) is 36.7 Å². The number of aromatic nitrogens is 2. The number of benzene rings is 1. The van der Waals surface area contributed by atoms with Crippen LogP contribution in [0.3, 0.4) is 0 Å². The SMILES string of the molecule is CCCC(O)(CCC)CC(=O)Nc1cccc(-c2nccn2C)c1. The smallest absolute Gasteiger partial charge is 0.227 e. The predicted octanol–water partition coefficient (Wildman–Crippen LogP) is 3.75. The van der Waals surface area contributed by atoms with Gasteiger partial charge in [0.25, 0.3) is 0 Å². The molecule has 1 aromatic carbocycles. The molecule has 0 fully saturated rings. The largest absolute Gasteiger partial charge is 0.389 e. The number of aliphatic hydroxyl groups is 1. The topological polar surface area (TPSA) is 67.2 Å². The van der Waals surface area contributed by atoms with E-state index in [9.17, 15) is 9.90 Å². The van der Waals surface area contributed by atoms with Gasteiger partial charge in [0.05, 0.1) is 12.0 Å². The molecule has 1 heterocycles.